The van der Waals surface area contributed by atoms with Gasteiger partial charge in [-0.25, -0.2) is 0 Å². The van der Waals surface area contributed by atoms with Crippen LogP contribution in [0.4, 0.5) is 0 Å². The average Bonchev–Trinajstić information content (AvgIpc) is 2.67. The van der Waals surface area contributed by atoms with E-state index in [1.165, 1.54) is 11.8 Å². The smallest absolute Gasteiger partial charge is 0.149 e. The van der Waals surface area contributed by atoms with Crippen LogP contribution in [0.5, 0.6) is 0 Å². The van der Waals surface area contributed by atoms with Gasteiger partial charge in [-0.3, -0.25) is 0 Å². The number of oxime groups is 1. The number of rotatable bonds is 2. The van der Waals surface area contributed by atoms with E-state index < -0.39 is 0 Å². The van der Waals surface area contributed by atoms with E-state index in [-0.39, 0.29) is 0 Å². The number of hydrogen-bond donors (Lipinski definition) is 1. The third-order valence-electron chi connectivity index (χ3n) is 2.11. The van der Waals surface area contributed by atoms with Gasteiger partial charge in [0.15, 0.2) is 0 Å². The van der Waals surface area contributed by atoms with E-state index in [0.29, 0.717) is 5.76 Å². The van der Waals surface area contributed by atoms with Crippen LogP contribution in [0.3, 0.4) is 0 Å². The average molecular weight is 201 g/mol. The third kappa shape index (κ3) is 2.07. The Morgan fingerprint density at radius 1 is 1.27 bits per heavy atom. The summed E-state index contributed by atoms with van der Waals surface area (Å²) in [6.07, 6.45) is 1.26. The highest BCUT2D eigenvalue weighted by Crippen LogP contribution is 2.22. The molecule has 15 heavy (non-hydrogen) atoms. The fourth-order valence-corrected chi connectivity index (χ4v) is 1.43. The number of benzene rings is 1. The Morgan fingerprint density at radius 3 is 2.87 bits per heavy atom. The minimum absolute atomic E-state index is 0.536. The topological polar surface area (TPSA) is 45.7 Å². The minimum Gasteiger partial charge on any atom is -0.455 e. The van der Waals surface area contributed by atoms with Crippen molar-refractivity contribution in [1.82, 2.24) is 0 Å². The van der Waals surface area contributed by atoms with Crippen LogP contribution in [0.2, 0.25) is 0 Å². The van der Waals surface area contributed by atoms with Crippen LogP contribution in [0.15, 0.2) is 46.0 Å². The van der Waals surface area contributed by atoms with Gasteiger partial charge in [-0.15, -0.1) is 0 Å². The van der Waals surface area contributed by atoms with Crippen molar-refractivity contribution in [2.24, 2.45) is 5.16 Å². The molecule has 0 bridgehead atoms. The van der Waals surface area contributed by atoms with Gasteiger partial charge in [-0.05, 0) is 25.1 Å². The van der Waals surface area contributed by atoms with Crippen molar-refractivity contribution in [3.63, 3.8) is 0 Å². The van der Waals surface area contributed by atoms with Gasteiger partial charge in [-0.1, -0.05) is 28.9 Å². The van der Waals surface area contributed by atoms with Gasteiger partial charge < -0.3 is 9.62 Å². The number of hydrogen-bond acceptors (Lipinski definition) is 3. The van der Waals surface area contributed by atoms with Gasteiger partial charge >= 0.3 is 0 Å². The van der Waals surface area contributed by atoms with Crippen molar-refractivity contribution < 1.29 is 9.62 Å². The molecule has 0 saturated heterocycles. The molecule has 0 unspecified atom stereocenters. The molecule has 3 nitrogen and oxygen atoms in total. The van der Waals surface area contributed by atoms with Gasteiger partial charge in [0.1, 0.15) is 17.7 Å². The molecule has 1 N–H and O–H groups in total. The maximum absolute atomic E-state index is 8.35. The highest BCUT2D eigenvalue weighted by atomic mass is 16.4. The predicted molar refractivity (Wildman–Crippen MR) is 58.3 cm³/mol. The lowest BCUT2D eigenvalue weighted by Gasteiger charge is -1.97. The van der Waals surface area contributed by atoms with Crippen LogP contribution >= 0.6 is 0 Å². The summed E-state index contributed by atoms with van der Waals surface area (Å²) in [5, 5.41) is 11.3. The molecular weight excluding hydrogens is 190 g/mol. The van der Waals surface area contributed by atoms with Crippen LogP contribution in [0.25, 0.3) is 11.3 Å². The SMILES string of the molecule is Cc1cccc(-c2ccc(/C=N/O)o2)c1. The molecule has 76 valence electrons. The molecule has 0 aliphatic rings. The lowest BCUT2D eigenvalue weighted by Crippen LogP contribution is -1.76. The number of nitrogens with zero attached hydrogens (tertiary/aromatic N) is 1. The molecule has 1 aromatic carbocycles. The van der Waals surface area contributed by atoms with Crippen LogP contribution in [-0.2, 0) is 0 Å². The van der Waals surface area contributed by atoms with Crippen molar-refractivity contribution in [2.75, 3.05) is 0 Å². The van der Waals surface area contributed by atoms with Crippen molar-refractivity contribution in [1.29, 1.82) is 0 Å². The minimum atomic E-state index is 0.536. The van der Waals surface area contributed by atoms with E-state index in [1.54, 1.807) is 6.07 Å². The molecule has 0 saturated carbocycles. The molecule has 0 aliphatic heterocycles. The first-order valence-corrected chi connectivity index (χ1v) is 4.64. The Labute approximate surface area is 87.7 Å². The van der Waals surface area contributed by atoms with E-state index in [9.17, 15) is 0 Å². The third-order valence-corrected chi connectivity index (χ3v) is 2.11. The second-order valence-corrected chi connectivity index (χ2v) is 3.32. The van der Waals surface area contributed by atoms with Gasteiger partial charge in [0.2, 0.25) is 0 Å². The highest BCUT2D eigenvalue weighted by molar-refractivity contribution is 5.76. The first-order chi connectivity index (χ1) is 7.29. The Bertz CT molecular complexity index is 486. The lowest BCUT2D eigenvalue weighted by atomic mass is 10.1. The predicted octanol–water partition coefficient (Wildman–Crippen LogP) is 3.06. The molecule has 0 spiro atoms. The molecule has 2 aromatic rings. The summed E-state index contributed by atoms with van der Waals surface area (Å²) in [5.41, 5.74) is 2.20. The summed E-state index contributed by atoms with van der Waals surface area (Å²) in [5.74, 6) is 1.31. The Morgan fingerprint density at radius 2 is 2.13 bits per heavy atom. The maximum atomic E-state index is 8.35. The zero-order valence-electron chi connectivity index (χ0n) is 8.34. The summed E-state index contributed by atoms with van der Waals surface area (Å²) in [6.45, 7) is 2.03. The fraction of sp³-hybridized carbons (Fsp3) is 0.0833. The van der Waals surface area contributed by atoms with Gasteiger partial charge in [0.05, 0.1) is 0 Å². The van der Waals surface area contributed by atoms with Gasteiger partial charge in [-0.2, -0.15) is 0 Å². The number of aryl methyl sites for hydroxylation is 1. The second kappa shape index (κ2) is 4.00. The van der Waals surface area contributed by atoms with Crippen molar-refractivity contribution in [3.05, 3.63) is 47.7 Å². The fourth-order valence-electron chi connectivity index (χ4n) is 1.43. The monoisotopic (exact) mass is 201 g/mol. The maximum Gasteiger partial charge on any atom is 0.149 e. The van der Waals surface area contributed by atoms with Gasteiger partial charge in [0.25, 0.3) is 0 Å². The van der Waals surface area contributed by atoms with Crippen LogP contribution in [0.1, 0.15) is 11.3 Å². The van der Waals surface area contributed by atoms with E-state index in [4.69, 9.17) is 9.62 Å². The van der Waals surface area contributed by atoms with Crippen LogP contribution < -0.4 is 0 Å². The number of furan rings is 1. The van der Waals surface area contributed by atoms with E-state index in [2.05, 4.69) is 5.16 Å². The molecule has 0 atom stereocenters. The zero-order valence-corrected chi connectivity index (χ0v) is 8.34. The van der Waals surface area contributed by atoms with Crippen molar-refractivity contribution in [3.8, 4) is 11.3 Å². The van der Waals surface area contributed by atoms with Crippen molar-refractivity contribution >= 4 is 6.21 Å². The van der Waals surface area contributed by atoms with Crippen molar-refractivity contribution in [2.45, 2.75) is 6.92 Å². The molecule has 1 aromatic heterocycles. The Balaban J connectivity index is 2.37. The summed E-state index contributed by atoms with van der Waals surface area (Å²) in [6, 6.07) is 11.6. The van der Waals surface area contributed by atoms with E-state index in [1.807, 2.05) is 37.3 Å². The zero-order chi connectivity index (χ0) is 10.7. The second-order valence-electron chi connectivity index (χ2n) is 3.32. The molecule has 0 amide bonds. The summed E-state index contributed by atoms with van der Waals surface area (Å²) < 4.78 is 5.46. The largest absolute Gasteiger partial charge is 0.455 e. The molecule has 0 aliphatic carbocycles. The first kappa shape index (κ1) is 9.52. The molecular formula is C12H11NO2. The molecule has 0 fully saturated rings. The van der Waals surface area contributed by atoms with Crippen LogP contribution in [0, 0.1) is 6.92 Å². The Hall–Kier alpha value is -2.03. The van der Waals surface area contributed by atoms with E-state index in [0.717, 1.165) is 11.3 Å². The highest BCUT2D eigenvalue weighted by Gasteiger charge is 2.02. The summed E-state index contributed by atoms with van der Waals surface area (Å²) in [7, 11) is 0. The lowest BCUT2D eigenvalue weighted by molar-refractivity contribution is 0.321. The quantitative estimate of drug-likeness (QED) is 0.461. The molecule has 2 rings (SSSR count). The van der Waals surface area contributed by atoms with Crippen LogP contribution in [-0.4, -0.2) is 11.4 Å². The Kier molecular flexibility index (Phi) is 2.54. The molecule has 1 heterocycles. The van der Waals surface area contributed by atoms with Gasteiger partial charge in [0, 0.05) is 5.56 Å². The summed E-state index contributed by atoms with van der Waals surface area (Å²) in [4.78, 5) is 0. The van der Waals surface area contributed by atoms with E-state index >= 15 is 0 Å². The first-order valence-electron chi connectivity index (χ1n) is 4.64. The standard InChI is InChI=1S/C12H11NO2/c1-9-3-2-4-10(7-9)12-6-5-11(15-12)8-13-14/h2-8,14H,1H3/b13-8+. The molecule has 3 heteroatoms. The molecule has 0 radical (unpaired) electrons. The normalized spacial score (nSPS) is 11.0. The summed E-state index contributed by atoms with van der Waals surface area (Å²) >= 11 is 0.